The molecular weight excluding hydrogens is 452 g/mol. The first kappa shape index (κ1) is 23.4. The molecule has 0 aliphatic carbocycles. The van der Waals surface area contributed by atoms with Crippen molar-refractivity contribution in [2.45, 2.75) is 4.90 Å². The van der Waals surface area contributed by atoms with Crippen molar-refractivity contribution in [1.82, 2.24) is 5.32 Å². The first-order valence-corrected chi connectivity index (χ1v) is 11.5. The molecule has 0 aromatic heterocycles. The van der Waals surface area contributed by atoms with Gasteiger partial charge in [0.05, 0.1) is 24.2 Å². The van der Waals surface area contributed by atoms with E-state index < -0.39 is 15.9 Å². The number of halogens is 1. The Morgan fingerprint density at radius 1 is 1.00 bits per heavy atom. The van der Waals surface area contributed by atoms with Crippen LogP contribution in [-0.4, -0.2) is 41.6 Å². The number of ether oxygens (including phenoxy) is 2. The lowest BCUT2D eigenvalue weighted by Gasteiger charge is -2.20. The van der Waals surface area contributed by atoms with Gasteiger partial charge in [-0.2, -0.15) is 0 Å². The maximum absolute atomic E-state index is 13.0. The Labute approximate surface area is 192 Å². The van der Waals surface area contributed by atoms with Crippen molar-refractivity contribution in [3.05, 3.63) is 83.4 Å². The molecular formula is C23H23ClN2O5S. The van der Waals surface area contributed by atoms with Gasteiger partial charge in [-0.15, -0.1) is 0 Å². The van der Waals surface area contributed by atoms with Crippen LogP contribution in [0.1, 0.15) is 10.4 Å². The zero-order valence-corrected chi connectivity index (χ0v) is 19.2. The second-order valence-electron chi connectivity index (χ2n) is 6.76. The minimum Gasteiger partial charge on any atom is -0.497 e. The number of carbonyl (C=O) groups is 1. The minimum atomic E-state index is -3.87. The summed E-state index contributed by atoms with van der Waals surface area (Å²) < 4.78 is 37.9. The highest BCUT2D eigenvalue weighted by Crippen LogP contribution is 2.25. The molecule has 0 aliphatic heterocycles. The number of methoxy groups -OCH3 is 1. The average Bonchev–Trinajstić information content (AvgIpc) is 2.81. The standard InChI is InChI=1S/C23H23ClN2O5S/c1-26(19-8-4-7-18(24)15-19)32(28,29)22-11-3-6-17(14-22)23(27)25-12-13-31-21-10-5-9-20(16-21)30-2/h3-11,14-16H,12-13H2,1-2H3,(H,25,27). The van der Waals surface area contributed by atoms with Gasteiger partial charge in [0, 0.05) is 23.7 Å². The van der Waals surface area contributed by atoms with Gasteiger partial charge in [-0.3, -0.25) is 9.10 Å². The third kappa shape index (κ3) is 5.72. The largest absolute Gasteiger partial charge is 0.497 e. The molecule has 0 spiro atoms. The fourth-order valence-corrected chi connectivity index (χ4v) is 4.31. The average molecular weight is 475 g/mol. The highest BCUT2D eigenvalue weighted by Gasteiger charge is 2.22. The van der Waals surface area contributed by atoms with E-state index in [0.29, 0.717) is 22.2 Å². The van der Waals surface area contributed by atoms with Crippen LogP contribution in [0.5, 0.6) is 11.5 Å². The summed E-state index contributed by atoms with van der Waals surface area (Å²) in [5.74, 6) is 0.893. The number of anilines is 1. The number of carbonyl (C=O) groups excluding carboxylic acids is 1. The summed E-state index contributed by atoms with van der Waals surface area (Å²) in [6.07, 6.45) is 0. The van der Waals surface area contributed by atoms with Crippen LogP contribution in [0.3, 0.4) is 0 Å². The van der Waals surface area contributed by atoms with E-state index in [1.807, 2.05) is 0 Å². The summed E-state index contributed by atoms with van der Waals surface area (Å²) in [4.78, 5) is 12.5. The van der Waals surface area contributed by atoms with E-state index in [1.54, 1.807) is 61.7 Å². The Hall–Kier alpha value is -3.23. The second kappa shape index (κ2) is 10.4. The van der Waals surface area contributed by atoms with Crippen molar-refractivity contribution < 1.29 is 22.7 Å². The Morgan fingerprint density at radius 3 is 2.47 bits per heavy atom. The van der Waals surface area contributed by atoms with Gasteiger partial charge in [0.2, 0.25) is 0 Å². The number of hydrogen-bond donors (Lipinski definition) is 1. The fraction of sp³-hybridized carbons (Fsp3) is 0.174. The monoisotopic (exact) mass is 474 g/mol. The number of sulfonamides is 1. The maximum Gasteiger partial charge on any atom is 0.264 e. The SMILES string of the molecule is COc1cccc(OCCNC(=O)c2cccc(S(=O)(=O)N(C)c3cccc(Cl)c3)c2)c1. The topological polar surface area (TPSA) is 84.9 Å². The van der Waals surface area contributed by atoms with Crippen LogP contribution in [-0.2, 0) is 10.0 Å². The van der Waals surface area contributed by atoms with Gasteiger partial charge in [0.15, 0.2) is 0 Å². The van der Waals surface area contributed by atoms with Crippen LogP contribution < -0.4 is 19.1 Å². The Morgan fingerprint density at radius 2 is 1.72 bits per heavy atom. The van der Waals surface area contributed by atoms with Gasteiger partial charge >= 0.3 is 0 Å². The number of hydrogen-bond acceptors (Lipinski definition) is 5. The van der Waals surface area contributed by atoms with Gasteiger partial charge in [0.1, 0.15) is 18.1 Å². The molecule has 0 atom stereocenters. The summed E-state index contributed by atoms with van der Waals surface area (Å²) in [6, 6.07) is 19.5. The summed E-state index contributed by atoms with van der Waals surface area (Å²) in [5, 5.41) is 3.15. The van der Waals surface area contributed by atoms with Crippen molar-refractivity contribution in [2.75, 3.05) is 31.6 Å². The lowest BCUT2D eigenvalue weighted by atomic mass is 10.2. The molecule has 0 radical (unpaired) electrons. The smallest absolute Gasteiger partial charge is 0.264 e. The first-order chi connectivity index (χ1) is 15.3. The summed E-state index contributed by atoms with van der Waals surface area (Å²) in [5.41, 5.74) is 0.647. The highest BCUT2D eigenvalue weighted by atomic mass is 35.5. The third-order valence-corrected chi connectivity index (χ3v) is 6.64. The van der Waals surface area contributed by atoms with Crippen LogP contribution in [0.15, 0.2) is 77.7 Å². The molecule has 0 bridgehead atoms. The molecule has 0 heterocycles. The second-order valence-corrected chi connectivity index (χ2v) is 9.17. The van der Waals surface area contributed by atoms with Crippen molar-refractivity contribution in [3.63, 3.8) is 0 Å². The van der Waals surface area contributed by atoms with Crippen LogP contribution in [0, 0.1) is 0 Å². The number of nitrogens with zero attached hydrogens (tertiary/aromatic N) is 1. The molecule has 0 fully saturated rings. The van der Waals surface area contributed by atoms with Crippen LogP contribution in [0.2, 0.25) is 5.02 Å². The van der Waals surface area contributed by atoms with E-state index in [1.165, 1.54) is 25.2 Å². The normalized spacial score (nSPS) is 11.0. The first-order valence-electron chi connectivity index (χ1n) is 9.71. The molecule has 1 N–H and O–H groups in total. The Balaban J connectivity index is 1.63. The lowest BCUT2D eigenvalue weighted by molar-refractivity contribution is 0.0946. The molecule has 3 aromatic carbocycles. The van der Waals surface area contributed by atoms with E-state index >= 15 is 0 Å². The number of rotatable bonds is 9. The van der Waals surface area contributed by atoms with Crippen molar-refractivity contribution in [1.29, 1.82) is 0 Å². The maximum atomic E-state index is 13.0. The van der Waals surface area contributed by atoms with E-state index in [4.69, 9.17) is 21.1 Å². The Bertz CT molecular complexity index is 1200. The van der Waals surface area contributed by atoms with E-state index in [-0.39, 0.29) is 23.6 Å². The molecule has 3 aromatic rings. The molecule has 0 saturated carbocycles. The van der Waals surface area contributed by atoms with Gasteiger partial charge in [0.25, 0.3) is 15.9 Å². The predicted octanol–water partition coefficient (Wildman–Crippen LogP) is 3.98. The number of nitrogens with one attached hydrogen (secondary N) is 1. The third-order valence-electron chi connectivity index (χ3n) is 4.62. The molecule has 0 saturated heterocycles. The molecule has 0 aliphatic rings. The Kier molecular flexibility index (Phi) is 7.61. The zero-order chi connectivity index (χ0) is 23.1. The van der Waals surface area contributed by atoms with Crippen LogP contribution >= 0.6 is 11.6 Å². The van der Waals surface area contributed by atoms with Gasteiger partial charge in [-0.1, -0.05) is 29.8 Å². The van der Waals surface area contributed by atoms with E-state index in [9.17, 15) is 13.2 Å². The van der Waals surface area contributed by atoms with Gasteiger partial charge in [-0.05, 0) is 48.5 Å². The molecule has 32 heavy (non-hydrogen) atoms. The van der Waals surface area contributed by atoms with Gasteiger partial charge in [-0.25, -0.2) is 8.42 Å². The molecule has 7 nitrogen and oxygen atoms in total. The van der Waals surface area contributed by atoms with E-state index in [0.717, 1.165) is 4.31 Å². The molecule has 1 amide bonds. The molecule has 9 heteroatoms. The summed E-state index contributed by atoms with van der Waals surface area (Å²) >= 11 is 5.98. The summed E-state index contributed by atoms with van der Waals surface area (Å²) in [6.45, 7) is 0.490. The molecule has 3 rings (SSSR count). The van der Waals surface area contributed by atoms with Crippen molar-refractivity contribution >= 4 is 33.2 Å². The van der Waals surface area contributed by atoms with Crippen LogP contribution in [0.25, 0.3) is 0 Å². The molecule has 0 unspecified atom stereocenters. The molecule has 168 valence electrons. The lowest BCUT2D eigenvalue weighted by Crippen LogP contribution is -2.29. The van der Waals surface area contributed by atoms with E-state index in [2.05, 4.69) is 5.32 Å². The quantitative estimate of drug-likeness (QED) is 0.474. The van der Waals surface area contributed by atoms with Crippen LogP contribution in [0.4, 0.5) is 5.69 Å². The zero-order valence-electron chi connectivity index (χ0n) is 17.6. The van der Waals surface area contributed by atoms with Crippen molar-refractivity contribution in [2.24, 2.45) is 0 Å². The number of benzene rings is 3. The number of amides is 1. The summed E-state index contributed by atoms with van der Waals surface area (Å²) in [7, 11) is -0.870. The predicted molar refractivity (Wildman–Crippen MR) is 124 cm³/mol. The minimum absolute atomic E-state index is 0.000237. The van der Waals surface area contributed by atoms with Gasteiger partial charge < -0.3 is 14.8 Å². The fourth-order valence-electron chi connectivity index (χ4n) is 2.89. The van der Waals surface area contributed by atoms with Crippen molar-refractivity contribution in [3.8, 4) is 11.5 Å². The highest BCUT2D eigenvalue weighted by molar-refractivity contribution is 7.92.